The molecule has 1 aromatic heterocycles. The van der Waals surface area contributed by atoms with Gasteiger partial charge in [-0.3, -0.25) is 0 Å². The number of nitrogens with zero attached hydrogens (tertiary/aromatic N) is 1. The van der Waals surface area contributed by atoms with E-state index in [2.05, 4.69) is 21.0 Å². The number of aromatic carboxylic acids is 1. The van der Waals surface area contributed by atoms with E-state index in [0.717, 1.165) is 6.20 Å². The summed E-state index contributed by atoms with van der Waals surface area (Å²) < 4.78 is 65.2. The first-order valence-corrected chi connectivity index (χ1v) is 10.8. The average Bonchev–Trinajstić information content (AvgIpc) is 2.65. The topological polar surface area (TPSA) is 93.6 Å². The van der Waals surface area contributed by atoms with Crippen molar-refractivity contribution in [3.8, 4) is 11.8 Å². The second-order valence-corrected chi connectivity index (χ2v) is 10.1. The molecule has 11 heteroatoms. The molecule has 0 saturated heterocycles. The number of carboxylic acids is 1. The molecule has 1 aliphatic rings. The number of carboxylic acid groups (broad SMARTS) is 1. The molecule has 2 aromatic rings. The number of carbonyl (C=O) groups is 1. The summed E-state index contributed by atoms with van der Waals surface area (Å²) in [6, 6.07) is 7.41. The Morgan fingerprint density at radius 2 is 1.90 bits per heavy atom. The van der Waals surface area contributed by atoms with Gasteiger partial charge in [-0.15, -0.1) is 11.8 Å². The summed E-state index contributed by atoms with van der Waals surface area (Å²) in [5.41, 5.74) is -4.74. The lowest BCUT2D eigenvalue weighted by atomic mass is 10.0. The van der Waals surface area contributed by atoms with Crippen molar-refractivity contribution >= 4 is 33.6 Å². The first-order valence-electron chi connectivity index (χ1n) is 8.56. The summed E-state index contributed by atoms with van der Waals surface area (Å²) in [6.07, 6.45) is 2.46. The van der Waals surface area contributed by atoms with Gasteiger partial charge in [0.2, 0.25) is 0 Å². The third kappa shape index (κ3) is 5.21. The van der Waals surface area contributed by atoms with Gasteiger partial charge in [-0.05, 0) is 56.2 Å². The van der Waals surface area contributed by atoms with E-state index in [-0.39, 0.29) is 16.8 Å². The van der Waals surface area contributed by atoms with Crippen LogP contribution in [-0.2, 0) is 14.3 Å². The Morgan fingerprint density at radius 3 is 2.48 bits per heavy atom. The van der Waals surface area contributed by atoms with Crippen LogP contribution in [0.25, 0.3) is 5.76 Å². The van der Waals surface area contributed by atoms with Gasteiger partial charge in [0.1, 0.15) is 11.5 Å². The second kappa shape index (κ2) is 7.94. The molecular formula is C20H14F3NO5S2. The molecular weight excluding hydrogens is 455 g/mol. The molecule has 0 amide bonds. The summed E-state index contributed by atoms with van der Waals surface area (Å²) in [5, 5.41) is 8.88. The molecule has 3 rings (SSSR count). The number of fused-ring (bicyclic) bond motifs is 1. The molecule has 0 saturated carbocycles. The van der Waals surface area contributed by atoms with Crippen LogP contribution in [0.15, 0.2) is 47.5 Å². The van der Waals surface area contributed by atoms with E-state index in [9.17, 15) is 26.4 Å². The number of halogens is 3. The maximum Gasteiger partial charge on any atom is 0.534 e. The highest BCUT2D eigenvalue weighted by Crippen LogP contribution is 2.45. The van der Waals surface area contributed by atoms with Crippen molar-refractivity contribution in [1.29, 1.82) is 0 Å². The minimum Gasteiger partial charge on any atom is -0.478 e. The molecule has 0 radical (unpaired) electrons. The minimum absolute atomic E-state index is 0.00299. The summed E-state index contributed by atoms with van der Waals surface area (Å²) >= 11 is 1.33. The fourth-order valence-electron chi connectivity index (χ4n) is 2.56. The van der Waals surface area contributed by atoms with Crippen LogP contribution in [0, 0.1) is 11.8 Å². The molecule has 0 unspecified atom stereocenters. The first kappa shape index (κ1) is 22.7. The SMILES string of the molecule is CC1(C)C=C(OS(=O)(=O)C(F)(F)F)c2cc(C#Cc3ccc(C(=O)O)cn3)ccc2S1. The van der Waals surface area contributed by atoms with E-state index in [1.165, 1.54) is 36.0 Å². The van der Waals surface area contributed by atoms with Crippen molar-refractivity contribution in [1.82, 2.24) is 4.98 Å². The molecule has 0 spiro atoms. The van der Waals surface area contributed by atoms with Crippen LogP contribution in [0.4, 0.5) is 13.2 Å². The van der Waals surface area contributed by atoms with Gasteiger partial charge >= 0.3 is 21.6 Å². The quantitative estimate of drug-likeness (QED) is 0.408. The third-order valence-corrected chi connectivity index (χ3v) is 6.11. The number of aromatic nitrogens is 1. The van der Waals surface area contributed by atoms with E-state index in [1.54, 1.807) is 26.0 Å². The fraction of sp³-hybridized carbons (Fsp3) is 0.200. The lowest BCUT2D eigenvalue weighted by Crippen LogP contribution is -2.26. The van der Waals surface area contributed by atoms with Gasteiger partial charge < -0.3 is 9.29 Å². The number of hydrogen-bond donors (Lipinski definition) is 1. The average molecular weight is 469 g/mol. The normalized spacial score (nSPS) is 15.2. The van der Waals surface area contributed by atoms with Gasteiger partial charge in [0.05, 0.1) is 5.56 Å². The van der Waals surface area contributed by atoms with E-state index in [1.807, 2.05) is 0 Å². The number of hydrogen-bond acceptors (Lipinski definition) is 6. The van der Waals surface area contributed by atoms with Crippen molar-refractivity contribution in [3.63, 3.8) is 0 Å². The Bertz CT molecular complexity index is 1240. The number of benzene rings is 1. The second-order valence-electron chi connectivity index (χ2n) is 6.90. The lowest BCUT2D eigenvalue weighted by Gasteiger charge is -2.28. The van der Waals surface area contributed by atoms with Crippen molar-refractivity contribution < 1.29 is 35.7 Å². The maximum atomic E-state index is 12.8. The van der Waals surface area contributed by atoms with Gasteiger partial charge in [-0.25, -0.2) is 9.78 Å². The fourth-order valence-corrected chi connectivity index (χ4v) is 4.17. The molecule has 0 aliphatic carbocycles. The van der Waals surface area contributed by atoms with Gasteiger partial charge in [0.15, 0.2) is 0 Å². The van der Waals surface area contributed by atoms with E-state index in [4.69, 9.17) is 5.11 Å². The Morgan fingerprint density at radius 1 is 1.19 bits per heavy atom. The van der Waals surface area contributed by atoms with Gasteiger partial charge in [0.25, 0.3) is 0 Å². The number of thioether (sulfide) groups is 1. The predicted molar refractivity (Wildman–Crippen MR) is 108 cm³/mol. The highest BCUT2D eigenvalue weighted by molar-refractivity contribution is 8.01. The van der Waals surface area contributed by atoms with Gasteiger partial charge in [-0.2, -0.15) is 21.6 Å². The molecule has 6 nitrogen and oxygen atoms in total. The van der Waals surface area contributed by atoms with Crippen molar-refractivity contribution in [2.24, 2.45) is 0 Å². The zero-order valence-electron chi connectivity index (χ0n) is 16.0. The van der Waals surface area contributed by atoms with Gasteiger partial charge in [0, 0.05) is 27.0 Å². The molecule has 0 bridgehead atoms. The Hall–Kier alpha value is -2.97. The zero-order chi connectivity index (χ0) is 23.0. The summed E-state index contributed by atoms with van der Waals surface area (Å²) in [5.74, 6) is 3.93. The van der Waals surface area contributed by atoms with Crippen molar-refractivity contribution in [2.75, 3.05) is 0 Å². The van der Waals surface area contributed by atoms with Crippen LogP contribution in [0.3, 0.4) is 0 Å². The van der Waals surface area contributed by atoms with Crippen molar-refractivity contribution in [3.05, 3.63) is 65.0 Å². The van der Waals surface area contributed by atoms with Crippen LogP contribution < -0.4 is 0 Å². The maximum absolute atomic E-state index is 12.8. The smallest absolute Gasteiger partial charge is 0.478 e. The van der Waals surface area contributed by atoms with Crippen LogP contribution in [-0.4, -0.2) is 34.7 Å². The summed E-state index contributed by atoms with van der Waals surface area (Å²) in [6.45, 7) is 3.43. The van der Waals surface area contributed by atoms with Crippen LogP contribution >= 0.6 is 11.8 Å². The molecule has 1 aliphatic heterocycles. The highest BCUT2D eigenvalue weighted by Gasteiger charge is 2.49. The standard InChI is InChI=1S/C20H14F3NO5S2/c1-19(2)10-16(29-31(27,28)20(21,22)23)15-9-12(4-8-17(15)30-19)3-6-14-7-5-13(11-24-14)18(25)26/h4-5,7-11H,1-2H3,(H,25,26). The van der Waals surface area contributed by atoms with Crippen LogP contribution in [0.2, 0.25) is 0 Å². The van der Waals surface area contributed by atoms with Crippen LogP contribution in [0.1, 0.15) is 41.0 Å². The number of pyridine rings is 1. The first-order chi connectivity index (χ1) is 14.3. The van der Waals surface area contributed by atoms with Gasteiger partial charge in [-0.1, -0.05) is 5.92 Å². The third-order valence-electron chi connectivity index (χ3n) is 3.93. The number of rotatable bonds is 3. The monoisotopic (exact) mass is 469 g/mol. The molecule has 0 fully saturated rings. The summed E-state index contributed by atoms with van der Waals surface area (Å²) in [7, 11) is -5.84. The predicted octanol–water partition coefficient (Wildman–Crippen LogP) is 4.27. The van der Waals surface area contributed by atoms with Crippen LogP contribution in [0.5, 0.6) is 0 Å². The van der Waals surface area contributed by atoms with E-state index >= 15 is 0 Å². The molecule has 162 valence electrons. The number of alkyl halides is 3. The Balaban J connectivity index is 1.97. The molecule has 2 heterocycles. The Labute approximate surface area is 180 Å². The molecule has 31 heavy (non-hydrogen) atoms. The molecule has 0 atom stereocenters. The minimum atomic E-state index is -5.84. The van der Waals surface area contributed by atoms with E-state index in [0.29, 0.717) is 10.5 Å². The Kier molecular flexibility index (Phi) is 5.82. The highest BCUT2D eigenvalue weighted by atomic mass is 32.2. The lowest BCUT2D eigenvalue weighted by molar-refractivity contribution is -0.0509. The van der Waals surface area contributed by atoms with E-state index < -0.39 is 32.1 Å². The summed E-state index contributed by atoms with van der Waals surface area (Å²) in [4.78, 5) is 15.3. The van der Waals surface area contributed by atoms with Crippen molar-refractivity contribution in [2.45, 2.75) is 29.0 Å². The molecule has 1 aromatic carbocycles. The zero-order valence-corrected chi connectivity index (χ0v) is 17.7. The molecule has 1 N–H and O–H groups in total. The largest absolute Gasteiger partial charge is 0.534 e.